The Morgan fingerprint density at radius 2 is 1.95 bits per heavy atom. The fraction of sp³-hybridized carbons (Fsp3) is 0.235. The maximum atomic E-state index is 7.80. The molecule has 3 nitrogen and oxygen atoms in total. The van der Waals surface area contributed by atoms with Crippen molar-refractivity contribution < 1.29 is 0 Å². The SMILES string of the molecule is Cc1ccc(C(=N)N)c(N2CCCc3ccccc32)c1. The number of benzene rings is 2. The summed E-state index contributed by atoms with van der Waals surface area (Å²) in [6.45, 7) is 3.05. The Morgan fingerprint density at radius 3 is 2.75 bits per heavy atom. The largest absolute Gasteiger partial charge is 0.384 e. The molecular weight excluding hydrogens is 246 g/mol. The van der Waals surface area contributed by atoms with Crippen molar-refractivity contribution in [2.24, 2.45) is 5.73 Å². The molecule has 0 radical (unpaired) electrons. The van der Waals surface area contributed by atoms with Gasteiger partial charge < -0.3 is 10.6 Å². The van der Waals surface area contributed by atoms with Gasteiger partial charge in [0.1, 0.15) is 5.84 Å². The lowest BCUT2D eigenvalue weighted by Gasteiger charge is -2.33. The number of rotatable bonds is 2. The summed E-state index contributed by atoms with van der Waals surface area (Å²) in [6, 6.07) is 14.6. The number of nitrogens with one attached hydrogen (secondary N) is 1. The number of anilines is 2. The molecule has 3 rings (SSSR count). The van der Waals surface area contributed by atoms with Crippen LogP contribution in [0.3, 0.4) is 0 Å². The lowest BCUT2D eigenvalue weighted by atomic mass is 9.99. The minimum Gasteiger partial charge on any atom is -0.384 e. The maximum Gasteiger partial charge on any atom is 0.124 e. The van der Waals surface area contributed by atoms with E-state index in [-0.39, 0.29) is 5.84 Å². The Balaban J connectivity index is 2.15. The molecule has 2 aromatic rings. The first-order valence-corrected chi connectivity index (χ1v) is 6.97. The van der Waals surface area contributed by atoms with Crippen LogP contribution in [0.1, 0.15) is 23.1 Å². The number of nitrogens with two attached hydrogens (primary N) is 1. The van der Waals surface area contributed by atoms with E-state index in [0.29, 0.717) is 0 Å². The Kier molecular flexibility index (Phi) is 3.18. The average molecular weight is 265 g/mol. The number of aryl methyl sites for hydroxylation is 2. The highest BCUT2D eigenvalue weighted by Gasteiger charge is 2.20. The Bertz CT molecular complexity index is 661. The van der Waals surface area contributed by atoms with E-state index in [1.54, 1.807) is 0 Å². The van der Waals surface area contributed by atoms with Gasteiger partial charge in [-0.15, -0.1) is 0 Å². The summed E-state index contributed by atoms with van der Waals surface area (Å²) in [6.07, 6.45) is 2.25. The van der Waals surface area contributed by atoms with Crippen LogP contribution in [0.4, 0.5) is 11.4 Å². The van der Waals surface area contributed by atoms with Crippen molar-refractivity contribution in [3.05, 3.63) is 59.2 Å². The molecule has 20 heavy (non-hydrogen) atoms. The molecule has 1 aliphatic rings. The molecule has 0 saturated carbocycles. The highest BCUT2D eigenvalue weighted by molar-refractivity contribution is 6.01. The predicted octanol–water partition coefficient (Wildman–Crippen LogP) is 3.36. The minimum atomic E-state index is 0.128. The van der Waals surface area contributed by atoms with Gasteiger partial charge in [0.05, 0.1) is 5.69 Å². The molecule has 102 valence electrons. The molecule has 0 saturated heterocycles. The number of nitrogen functional groups attached to an aromatic ring is 1. The van der Waals surface area contributed by atoms with Crippen molar-refractivity contribution >= 4 is 17.2 Å². The van der Waals surface area contributed by atoms with Crippen LogP contribution >= 0.6 is 0 Å². The fourth-order valence-corrected chi connectivity index (χ4v) is 2.88. The van der Waals surface area contributed by atoms with Crippen LogP contribution in [0.25, 0.3) is 0 Å². The van der Waals surface area contributed by atoms with Crippen molar-refractivity contribution in [1.82, 2.24) is 0 Å². The van der Waals surface area contributed by atoms with Crippen LogP contribution in [0, 0.1) is 12.3 Å². The van der Waals surface area contributed by atoms with Crippen molar-refractivity contribution in [1.29, 1.82) is 5.41 Å². The van der Waals surface area contributed by atoms with E-state index >= 15 is 0 Å². The second kappa shape index (κ2) is 5.00. The molecule has 0 amide bonds. The van der Waals surface area contributed by atoms with Gasteiger partial charge in [-0.1, -0.05) is 24.3 Å². The molecule has 0 bridgehead atoms. The summed E-state index contributed by atoms with van der Waals surface area (Å²) in [7, 11) is 0. The normalized spacial score (nSPS) is 13.9. The van der Waals surface area contributed by atoms with Gasteiger partial charge >= 0.3 is 0 Å². The van der Waals surface area contributed by atoms with Gasteiger partial charge in [0.15, 0.2) is 0 Å². The molecule has 1 aliphatic heterocycles. The molecule has 2 aromatic carbocycles. The van der Waals surface area contributed by atoms with E-state index in [1.165, 1.54) is 16.8 Å². The van der Waals surface area contributed by atoms with E-state index in [2.05, 4.69) is 42.2 Å². The van der Waals surface area contributed by atoms with E-state index in [4.69, 9.17) is 11.1 Å². The molecule has 0 atom stereocenters. The third-order valence-corrected chi connectivity index (χ3v) is 3.84. The smallest absolute Gasteiger partial charge is 0.124 e. The van der Waals surface area contributed by atoms with E-state index < -0.39 is 0 Å². The highest BCUT2D eigenvalue weighted by Crippen LogP contribution is 2.35. The van der Waals surface area contributed by atoms with Crippen molar-refractivity contribution in [3.63, 3.8) is 0 Å². The quantitative estimate of drug-likeness (QED) is 0.646. The first kappa shape index (κ1) is 12.7. The van der Waals surface area contributed by atoms with E-state index in [9.17, 15) is 0 Å². The second-order valence-electron chi connectivity index (χ2n) is 5.32. The third-order valence-electron chi connectivity index (χ3n) is 3.84. The molecule has 0 fully saturated rings. The van der Waals surface area contributed by atoms with Crippen LogP contribution in [0.15, 0.2) is 42.5 Å². The van der Waals surface area contributed by atoms with Crippen molar-refractivity contribution in [3.8, 4) is 0 Å². The molecule has 0 aromatic heterocycles. The van der Waals surface area contributed by atoms with Gasteiger partial charge in [-0.25, -0.2) is 0 Å². The summed E-state index contributed by atoms with van der Waals surface area (Å²) in [5, 5.41) is 7.80. The summed E-state index contributed by atoms with van der Waals surface area (Å²) in [5.74, 6) is 0.128. The highest BCUT2D eigenvalue weighted by atomic mass is 15.1. The zero-order chi connectivity index (χ0) is 14.1. The average Bonchev–Trinajstić information content (AvgIpc) is 2.46. The number of amidine groups is 1. The van der Waals surface area contributed by atoms with Crippen LogP contribution in [0.2, 0.25) is 0 Å². The van der Waals surface area contributed by atoms with Gasteiger partial charge in [-0.3, -0.25) is 5.41 Å². The molecule has 1 heterocycles. The molecule has 3 N–H and O–H groups in total. The zero-order valence-corrected chi connectivity index (χ0v) is 11.7. The monoisotopic (exact) mass is 265 g/mol. The number of hydrogen-bond donors (Lipinski definition) is 2. The van der Waals surface area contributed by atoms with E-state index in [0.717, 1.165) is 30.6 Å². The van der Waals surface area contributed by atoms with Crippen molar-refractivity contribution in [2.75, 3.05) is 11.4 Å². The number of nitrogens with zero attached hydrogens (tertiary/aromatic N) is 1. The summed E-state index contributed by atoms with van der Waals surface area (Å²) < 4.78 is 0. The predicted molar refractivity (Wildman–Crippen MR) is 84.0 cm³/mol. The maximum absolute atomic E-state index is 7.80. The minimum absolute atomic E-state index is 0.128. The Labute approximate surface area is 119 Å². The van der Waals surface area contributed by atoms with Gasteiger partial charge in [0.2, 0.25) is 0 Å². The Morgan fingerprint density at radius 1 is 1.15 bits per heavy atom. The molecule has 0 aliphatic carbocycles. The first-order valence-electron chi connectivity index (χ1n) is 6.97. The van der Waals surface area contributed by atoms with Gasteiger partial charge in [0, 0.05) is 17.8 Å². The third kappa shape index (κ3) is 2.16. The van der Waals surface area contributed by atoms with Gasteiger partial charge in [0.25, 0.3) is 0 Å². The molecule has 3 heteroatoms. The molecular formula is C17H19N3. The van der Waals surface area contributed by atoms with Crippen LogP contribution in [-0.4, -0.2) is 12.4 Å². The lowest BCUT2D eigenvalue weighted by molar-refractivity contribution is 0.766. The fourth-order valence-electron chi connectivity index (χ4n) is 2.88. The van der Waals surface area contributed by atoms with Gasteiger partial charge in [-0.05, 0) is 49.1 Å². The van der Waals surface area contributed by atoms with Crippen LogP contribution < -0.4 is 10.6 Å². The van der Waals surface area contributed by atoms with E-state index in [1.807, 2.05) is 12.1 Å². The van der Waals surface area contributed by atoms with Gasteiger partial charge in [-0.2, -0.15) is 0 Å². The van der Waals surface area contributed by atoms with Crippen LogP contribution in [-0.2, 0) is 6.42 Å². The summed E-state index contributed by atoms with van der Waals surface area (Å²) in [5.41, 5.74) is 11.4. The topological polar surface area (TPSA) is 53.1 Å². The standard InChI is InChI=1S/C17H19N3/c1-12-8-9-14(17(18)19)16(11-12)20-10-4-6-13-5-2-3-7-15(13)20/h2-3,5,7-9,11H,4,6,10H2,1H3,(H3,18,19). The second-order valence-corrected chi connectivity index (χ2v) is 5.32. The zero-order valence-electron chi connectivity index (χ0n) is 11.7. The van der Waals surface area contributed by atoms with Crippen molar-refractivity contribution in [2.45, 2.75) is 19.8 Å². The summed E-state index contributed by atoms with van der Waals surface area (Å²) in [4.78, 5) is 2.29. The Hall–Kier alpha value is -2.29. The lowest BCUT2D eigenvalue weighted by Crippen LogP contribution is -2.27. The summed E-state index contributed by atoms with van der Waals surface area (Å²) >= 11 is 0. The molecule has 0 spiro atoms. The molecule has 0 unspecified atom stereocenters. The number of para-hydroxylation sites is 1. The first-order chi connectivity index (χ1) is 9.66. The number of hydrogen-bond acceptors (Lipinski definition) is 2. The van der Waals surface area contributed by atoms with Crippen LogP contribution in [0.5, 0.6) is 0 Å². The number of fused-ring (bicyclic) bond motifs is 1.